The molecule has 26 heavy (non-hydrogen) atoms. The molecule has 0 radical (unpaired) electrons. The molecular formula is C18H18ClN3O4. The van der Waals surface area contributed by atoms with Gasteiger partial charge in [-0.05, 0) is 48.9 Å². The molecule has 2 aromatic carbocycles. The number of benzene rings is 2. The summed E-state index contributed by atoms with van der Waals surface area (Å²) in [6, 6.07) is 11.6. The highest BCUT2D eigenvalue weighted by molar-refractivity contribution is 6.39. The van der Waals surface area contributed by atoms with Crippen molar-refractivity contribution in [3.63, 3.8) is 0 Å². The lowest BCUT2D eigenvalue weighted by Crippen LogP contribution is -2.32. The Morgan fingerprint density at radius 1 is 1.15 bits per heavy atom. The van der Waals surface area contributed by atoms with Gasteiger partial charge in [-0.3, -0.25) is 9.59 Å². The molecule has 0 saturated carbocycles. The van der Waals surface area contributed by atoms with Crippen molar-refractivity contribution in [2.45, 2.75) is 6.92 Å². The SMILES string of the molecule is CCOc1ccc(/C=N\NC(=O)C(=O)Nc2cccc(Cl)c2)cc1OC. The van der Waals surface area contributed by atoms with E-state index in [9.17, 15) is 9.59 Å². The number of anilines is 1. The van der Waals surface area contributed by atoms with E-state index in [0.29, 0.717) is 34.4 Å². The summed E-state index contributed by atoms with van der Waals surface area (Å²) >= 11 is 5.82. The molecule has 7 nitrogen and oxygen atoms in total. The van der Waals surface area contributed by atoms with E-state index in [2.05, 4.69) is 15.8 Å². The minimum absolute atomic E-state index is 0.415. The van der Waals surface area contributed by atoms with E-state index in [4.69, 9.17) is 21.1 Å². The van der Waals surface area contributed by atoms with Gasteiger partial charge in [-0.2, -0.15) is 5.10 Å². The van der Waals surface area contributed by atoms with Gasteiger partial charge in [0, 0.05) is 10.7 Å². The van der Waals surface area contributed by atoms with Crippen LogP contribution in [0.2, 0.25) is 5.02 Å². The maximum Gasteiger partial charge on any atom is 0.329 e. The molecule has 0 fully saturated rings. The standard InChI is InChI=1S/C18H18ClN3O4/c1-3-26-15-8-7-12(9-16(15)25-2)11-20-22-18(24)17(23)21-14-6-4-5-13(19)10-14/h4-11H,3H2,1-2H3,(H,21,23)(H,22,24)/b20-11-. The number of rotatable bonds is 6. The first kappa shape index (κ1) is 19.3. The normalized spacial score (nSPS) is 10.4. The Kier molecular flexibility index (Phi) is 6.99. The number of amides is 2. The van der Waals surface area contributed by atoms with Crippen LogP contribution in [-0.2, 0) is 9.59 Å². The van der Waals surface area contributed by atoms with Gasteiger partial charge in [0.1, 0.15) is 0 Å². The smallest absolute Gasteiger partial charge is 0.329 e. The lowest BCUT2D eigenvalue weighted by molar-refractivity contribution is -0.136. The number of nitrogens with one attached hydrogen (secondary N) is 2. The summed E-state index contributed by atoms with van der Waals surface area (Å²) in [6.07, 6.45) is 1.39. The van der Waals surface area contributed by atoms with Gasteiger partial charge in [0.15, 0.2) is 11.5 Å². The summed E-state index contributed by atoms with van der Waals surface area (Å²) in [6.45, 7) is 2.39. The molecule has 0 heterocycles. The van der Waals surface area contributed by atoms with Crippen molar-refractivity contribution in [1.29, 1.82) is 0 Å². The molecule has 0 aromatic heterocycles. The summed E-state index contributed by atoms with van der Waals surface area (Å²) in [5.41, 5.74) is 3.24. The molecule has 2 aromatic rings. The average molecular weight is 376 g/mol. The van der Waals surface area contributed by atoms with Gasteiger partial charge in [-0.25, -0.2) is 5.43 Å². The van der Waals surface area contributed by atoms with Crippen molar-refractivity contribution in [2.24, 2.45) is 5.10 Å². The van der Waals surface area contributed by atoms with E-state index < -0.39 is 11.8 Å². The van der Waals surface area contributed by atoms with Crippen LogP contribution in [0.15, 0.2) is 47.6 Å². The van der Waals surface area contributed by atoms with Crippen molar-refractivity contribution < 1.29 is 19.1 Å². The van der Waals surface area contributed by atoms with Crippen molar-refractivity contribution in [3.05, 3.63) is 53.1 Å². The summed E-state index contributed by atoms with van der Waals surface area (Å²) < 4.78 is 10.7. The summed E-state index contributed by atoms with van der Waals surface area (Å²) in [5.74, 6) is -0.606. The first-order valence-corrected chi connectivity index (χ1v) is 8.12. The van der Waals surface area contributed by atoms with E-state index >= 15 is 0 Å². The highest BCUT2D eigenvalue weighted by Crippen LogP contribution is 2.27. The van der Waals surface area contributed by atoms with Gasteiger partial charge in [-0.1, -0.05) is 17.7 Å². The molecule has 2 amide bonds. The Labute approximate surface area is 155 Å². The van der Waals surface area contributed by atoms with Crippen LogP contribution in [-0.4, -0.2) is 31.7 Å². The van der Waals surface area contributed by atoms with Crippen molar-refractivity contribution in [1.82, 2.24) is 5.43 Å². The lowest BCUT2D eigenvalue weighted by atomic mass is 10.2. The maximum absolute atomic E-state index is 11.8. The number of carbonyl (C=O) groups is 2. The molecule has 0 unspecified atom stereocenters. The minimum atomic E-state index is -0.904. The third-order valence-electron chi connectivity index (χ3n) is 3.16. The molecule has 0 aliphatic rings. The molecular weight excluding hydrogens is 358 g/mol. The third-order valence-corrected chi connectivity index (χ3v) is 3.39. The summed E-state index contributed by atoms with van der Waals surface area (Å²) in [7, 11) is 1.53. The minimum Gasteiger partial charge on any atom is -0.493 e. The number of hydrogen-bond donors (Lipinski definition) is 2. The Morgan fingerprint density at radius 3 is 2.65 bits per heavy atom. The van der Waals surface area contributed by atoms with E-state index in [0.717, 1.165) is 0 Å². The quantitative estimate of drug-likeness (QED) is 0.461. The average Bonchev–Trinajstić information content (AvgIpc) is 2.62. The summed E-state index contributed by atoms with van der Waals surface area (Å²) in [4.78, 5) is 23.6. The third kappa shape index (κ3) is 5.49. The number of nitrogens with zero attached hydrogens (tertiary/aromatic N) is 1. The number of halogens is 1. The second-order valence-electron chi connectivity index (χ2n) is 5.01. The Hall–Kier alpha value is -3.06. The largest absolute Gasteiger partial charge is 0.493 e. The monoisotopic (exact) mass is 375 g/mol. The molecule has 0 bridgehead atoms. The first-order valence-electron chi connectivity index (χ1n) is 7.74. The zero-order valence-electron chi connectivity index (χ0n) is 14.3. The van der Waals surface area contributed by atoms with Gasteiger partial charge in [0.2, 0.25) is 0 Å². The van der Waals surface area contributed by atoms with E-state index in [-0.39, 0.29) is 0 Å². The number of carbonyl (C=O) groups excluding carboxylic acids is 2. The Bertz CT molecular complexity index is 824. The maximum atomic E-state index is 11.8. The summed E-state index contributed by atoms with van der Waals surface area (Å²) in [5, 5.41) is 6.64. The van der Waals surface area contributed by atoms with Crippen LogP contribution >= 0.6 is 11.6 Å². The van der Waals surface area contributed by atoms with E-state index in [1.165, 1.54) is 19.4 Å². The highest BCUT2D eigenvalue weighted by Gasteiger charge is 2.13. The van der Waals surface area contributed by atoms with Crippen LogP contribution in [0.3, 0.4) is 0 Å². The van der Waals surface area contributed by atoms with Crippen LogP contribution in [0.5, 0.6) is 11.5 Å². The van der Waals surface area contributed by atoms with Crippen LogP contribution in [0.4, 0.5) is 5.69 Å². The van der Waals surface area contributed by atoms with E-state index in [1.54, 1.807) is 36.4 Å². The predicted molar refractivity (Wildman–Crippen MR) is 100.0 cm³/mol. The van der Waals surface area contributed by atoms with Crippen LogP contribution < -0.4 is 20.2 Å². The topological polar surface area (TPSA) is 89.0 Å². The molecule has 8 heteroatoms. The fourth-order valence-electron chi connectivity index (χ4n) is 2.01. The van der Waals surface area contributed by atoms with Gasteiger partial charge >= 0.3 is 11.8 Å². The number of methoxy groups -OCH3 is 1. The molecule has 0 atom stereocenters. The van der Waals surface area contributed by atoms with Gasteiger partial charge < -0.3 is 14.8 Å². The molecule has 0 saturated heterocycles. The number of ether oxygens (including phenoxy) is 2. The molecule has 0 aliphatic heterocycles. The molecule has 2 rings (SSSR count). The second-order valence-corrected chi connectivity index (χ2v) is 5.44. The molecule has 136 valence electrons. The van der Waals surface area contributed by atoms with Crippen molar-refractivity contribution in [2.75, 3.05) is 19.0 Å². The Morgan fingerprint density at radius 2 is 1.96 bits per heavy atom. The van der Waals surface area contributed by atoms with Crippen LogP contribution in [0.1, 0.15) is 12.5 Å². The number of hydrazone groups is 1. The fraction of sp³-hybridized carbons (Fsp3) is 0.167. The van der Waals surface area contributed by atoms with Crippen molar-refractivity contribution in [3.8, 4) is 11.5 Å². The molecule has 2 N–H and O–H groups in total. The number of hydrogen-bond acceptors (Lipinski definition) is 5. The molecule has 0 aliphatic carbocycles. The lowest BCUT2D eigenvalue weighted by Gasteiger charge is -2.09. The van der Waals surface area contributed by atoms with Crippen molar-refractivity contribution >= 4 is 35.3 Å². The van der Waals surface area contributed by atoms with Crippen LogP contribution in [0, 0.1) is 0 Å². The fourth-order valence-corrected chi connectivity index (χ4v) is 2.20. The molecule has 0 spiro atoms. The Balaban J connectivity index is 1.94. The van der Waals surface area contributed by atoms with Crippen LogP contribution in [0.25, 0.3) is 0 Å². The predicted octanol–water partition coefficient (Wildman–Crippen LogP) is 2.84. The zero-order chi connectivity index (χ0) is 18.9. The highest BCUT2D eigenvalue weighted by atomic mass is 35.5. The van der Waals surface area contributed by atoms with Gasteiger partial charge in [0.05, 0.1) is 19.9 Å². The zero-order valence-corrected chi connectivity index (χ0v) is 15.0. The van der Waals surface area contributed by atoms with Gasteiger partial charge in [-0.15, -0.1) is 0 Å². The van der Waals surface area contributed by atoms with Gasteiger partial charge in [0.25, 0.3) is 0 Å². The van der Waals surface area contributed by atoms with E-state index in [1.807, 2.05) is 6.92 Å². The second kappa shape index (κ2) is 9.43. The first-order chi connectivity index (χ1) is 12.5.